The van der Waals surface area contributed by atoms with Gasteiger partial charge in [0.2, 0.25) is 0 Å². The maximum absolute atomic E-state index is 13.5. The Morgan fingerprint density at radius 1 is 0.452 bits per heavy atom. The predicted molar refractivity (Wildman–Crippen MR) is 66.4 cm³/mol. The fourth-order valence-electron chi connectivity index (χ4n) is 1.75. The molecule has 0 N–H and O–H groups in total. The standard InChI is InChI=1S/C13H11F17O/c1-5(2,3)31-4-6(14,15)8(17,18)10(21,22)11(23,24)9(19,20)7(16,12(25,26)27)13(28,29)30/h4H2,1-3H3. The van der Waals surface area contributed by atoms with Crippen LogP contribution in [0, 0.1) is 0 Å². The van der Waals surface area contributed by atoms with E-state index in [0.29, 0.717) is 0 Å². The minimum absolute atomic E-state index is 0.826. The number of hydrogen-bond donors (Lipinski definition) is 0. The van der Waals surface area contributed by atoms with Gasteiger partial charge in [-0.05, 0) is 20.8 Å². The van der Waals surface area contributed by atoms with E-state index in [-0.39, 0.29) is 0 Å². The van der Waals surface area contributed by atoms with Gasteiger partial charge in [-0.3, -0.25) is 0 Å². The summed E-state index contributed by atoms with van der Waals surface area (Å²) in [7, 11) is 0. The molecule has 0 unspecified atom stereocenters. The van der Waals surface area contributed by atoms with Gasteiger partial charge < -0.3 is 4.74 Å². The van der Waals surface area contributed by atoms with Crippen molar-refractivity contribution >= 4 is 0 Å². The van der Waals surface area contributed by atoms with Gasteiger partial charge >= 0.3 is 47.6 Å². The smallest absolute Gasteiger partial charge is 0.369 e. The molecule has 0 heterocycles. The zero-order valence-electron chi connectivity index (χ0n) is 15.0. The molecule has 1 nitrogen and oxygen atoms in total. The largest absolute Gasteiger partial charge is 0.438 e. The Hall–Kier alpha value is -1.23. The van der Waals surface area contributed by atoms with Crippen LogP contribution >= 0.6 is 0 Å². The Balaban J connectivity index is 6.74. The average Bonchev–Trinajstić information content (AvgIpc) is 2.48. The molecule has 0 atom stereocenters. The van der Waals surface area contributed by atoms with E-state index in [1.807, 2.05) is 0 Å². The van der Waals surface area contributed by atoms with Gasteiger partial charge in [-0.2, -0.15) is 70.2 Å². The van der Waals surface area contributed by atoms with Crippen molar-refractivity contribution in [3.8, 4) is 0 Å². The molecule has 0 saturated carbocycles. The summed E-state index contributed by atoms with van der Waals surface area (Å²) >= 11 is 0. The number of alkyl halides is 17. The third-order valence-electron chi connectivity index (χ3n) is 3.54. The van der Waals surface area contributed by atoms with Crippen LogP contribution in [0.25, 0.3) is 0 Å². The van der Waals surface area contributed by atoms with Crippen LogP contribution in [0.15, 0.2) is 0 Å². The van der Waals surface area contributed by atoms with E-state index >= 15 is 0 Å². The van der Waals surface area contributed by atoms with Gasteiger partial charge in [0, 0.05) is 0 Å². The van der Waals surface area contributed by atoms with Crippen LogP contribution in [-0.4, -0.2) is 59.8 Å². The van der Waals surface area contributed by atoms with E-state index in [1.165, 1.54) is 0 Å². The fraction of sp³-hybridized carbons (Fsp3) is 1.00. The Labute approximate surface area is 161 Å². The monoisotopic (exact) mass is 506 g/mol. The SMILES string of the molecule is CC(C)(C)OCC(F)(F)C(F)(F)C(F)(F)C(F)(F)C(F)(F)C(F)(C(F)(F)F)C(F)(F)F. The van der Waals surface area contributed by atoms with Gasteiger partial charge in [0.15, 0.2) is 0 Å². The average molecular weight is 506 g/mol. The lowest BCUT2D eigenvalue weighted by atomic mass is 9.84. The molecule has 0 aromatic carbocycles. The van der Waals surface area contributed by atoms with Crippen molar-refractivity contribution in [3.63, 3.8) is 0 Å². The highest BCUT2D eigenvalue weighted by atomic mass is 19.4. The van der Waals surface area contributed by atoms with Crippen molar-refractivity contribution in [1.29, 1.82) is 0 Å². The minimum Gasteiger partial charge on any atom is -0.369 e. The van der Waals surface area contributed by atoms with Gasteiger partial charge in [-0.25, -0.2) is 4.39 Å². The lowest BCUT2D eigenvalue weighted by Gasteiger charge is -2.44. The Kier molecular flexibility index (Phi) is 7.10. The van der Waals surface area contributed by atoms with Crippen LogP contribution in [0.2, 0.25) is 0 Å². The third kappa shape index (κ3) is 4.36. The molecule has 188 valence electrons. The summed E-state index contributed by atoms with van der Waals surface area (Å²) < 4.78 is 225. The van der Waals surface area contributed by atoms with Crippen molar-refractivity contribution in [1.82, 2.24) is 0 Å². The zero-order chi connectivity index (χ0) is 25.9. The first-order valence-corrected chi connectivity index (χ1v) is 7.31. The fourth-order valence-corrected chi connectivity index (χ4v) is 1.75. The summed E-state index contributed by atoms with van der Waals surface area (Å²) in [5.74, 6) is -40.1. The van der Waals surface area contributed by atoms with Crippen LogP contribution in [0.1, 0.15) is 20.8 Å². The van der Waals surface area contributed by atoms with Crippen LogP contribution < -0.4 is 0 Å². The molecule has 0 aromatic rings. The van der Waals surface area contributed by atoms with E-state index < -0.39 is 59.8 Å². The topological polar surface area (TPSA) is 9.23 Å². The summed E-state index contributed by atoms with van der Waals surface area (Å²) in [5, 5.41) is 0. The molecular formula is C13H11F17O. The second-order valence-electron chi connectivity index (χ2n) is 7.06. The second-order valence-corrected chi connectivity index (χ2v) is 7.06. The highest BCUT2D eigenvalue weighted by Crippen LogP contribution is 2.65. The van der Waals surface area contributed by atoms with E-state index in [4.69, 9.17) is 0 Å². The molecule has 0 spiro atoms. The quantitative estimate of drug-likeness (QED) is 0.345. The molecule has 0 rings (SSSR count). The summed E-state index contributed by atoms with van der Waals surface area (Å²) in [4.78, 5) is 0. The third-order valence-corrected chi connectivity index (χ3v) is 3.54. The number of hydrogen-bond acceptors (Lipinski definition) is 1. The lowest BCUT2D eigenvalue weighted by Crippen LogP contribution is -2.77. The maximum Gasteiger partial charge on any atom is 0.438 e. The highest BCUT2D eigenvalue weighted by molar-refractivity contribution is 5.18. The lowest BCUT2D eigenvalue weighted by molar-refractivity contribution is -0.466. The summed E-state index contributed by atoms with van der Waals surface area (Å²) in [6, 6.07) is 0. The minimum atomic E-state index is -8.75. The Morgan fingerprint density at radius 3 is 1.00 bits per heavy atom. The normalized spacial score (nSPS) is 16.6. The molecule has 0 radical (unpaired) electrons. The first-order chi connectivity index (χ1) is 13.0. The summed E-state index contributed by atoms with van der Waals surface area (Å²) in [5.41, 5.74) is -10.4. The molecule has 0 fully saturated rings. The first kappa shape index (κ1) is 29.8. The number of halogens is 17. The van der Waals surface area contributed by atoms with Gasteiger partial charge in [0.1, 0.15) is 6.61 Å². The van der Waals surface area contributed by atoms with E-state index in [9.17, 15) is 74.6 Å². The zero-order valence-corrected chi connectivity index (χ0v) is 15.0. The van der Waals surface area contributed by atoms with Crippen molar-refractivity contribution in [2.45, 2.75) is 74.0 Å². The number of rotatable bonds is 7. The van der Waals surface area contributed by atoms with Crippen molar-refractivity contribution in [2.24, 2.45) is 0 Å². The Bertz CT molecular complexity index is 622. The summed E-state index contributed by atoms with van der Waals surface area (Å²) in [6.45, 7) is -0.440. The maximum atomic E-state index is 13.5. The molecule has 0 aromatic heterocycles. The molecule has 0 bridgehead atoms. The van der Waals surface area contributed by atoms with Crippen LogP contribution in [-0.2, 0) is 4.74 Å². The van der Waals surface area contributed by atoms with Gasteiger partial charge in [0.25, 0.3) is 0 Å². The first-order valence-electron chi connectivity index (χ1n) is 7.31. The van der Waals surface area contributed by atoms with Crippen molar-refractivity contribution in [2.75, 3.05) is 6.61 Å². The van der Waals surface area contributed by atoms with E-state index in [0.717, 1.165) is 20.8 Å². The molecule has 0 aliphatic carbocycles. The molecule has 0 aliphatic rings. The van der Waals surface area contributed by atoms with E-state index in [1.54, 1.807) is 0 Å². The van der Waals surface area contributed by atoms with Gasteiger partial charge in [0.05, 0.1) is 5.60 Å². The van der Waals surface area contributed by atoms with Gasteiger partial charge in [-0.15, -0.1) is 0 Å². The van der Waals surface area contributed by atoms with Gasteiger partial charge in [-0.1, -0.05) is 0 Å². The molecule has 31 heavy (non-hydrogen) atoms. The molecular weight excluding hydrogens is 495 g/mol. The predicted octanol–water partition coefficient (Wildman–Crippen LogP) is 6.81. The van der Waals surface area contributed by atoms with Crippen molar-refractivity contribution < 1.29 is 79.4 Å². The molecule has 0 amide bonds. The van der Waals surface area contributed by atoms with Crippen molar-refractivity contribution in [3.05, 3.63) is 0 Å². The van der Waals surface area contributed by atoms with Crippen LogP contribution in [0.3, 0.4) is 0 Å². The second kappa shape index (κ2) is 7.40. The summed E-state index contributed by atoms with van der Waals surface area (Å²) in [6.07, 6.45) is -16.2. The molecule has 0 aliphatic heterocycles. The Morgan fingerprint density at radius 2 is 0.742 bits per heavy atom. The number of ether oxygens (including phenoxy) is 1. The molecule has 0 saturated heterocycles. The highest BCUT2D eigenvalue weighted by Gasteiger charge is 2.97. The molecule has 18 heteroatoms. The van der Waals surface area contributed by atoms with Crippen LogP contribution in [0.4, 0.5) is 74.6 Å². The van der Waals surface area contributed by atoms with E-state index in [2.05, 4.69) is 4.74 Å². The van der Waals surface area contributed by atoms with Crippen LogP contribution in [0.5, 0.6) is 0 Å².